The maximum Gasteiger partial charge on any atom is 0.260 e. The van der Waals surface area contributed by atoms with Crippen LogP contribution in [-0.2, 0) is 0 Å². The summed E-state index contributed by atoms with van der Waals surface area (Å²) in [5.74, 6) is 0.852. The van der Waals surface area contributed by atoms with Crippen molar-refractivity contribution in [2.24, 2.45) is 0 Å². The van der Waals surface area contributed by atoms with E-state index in [0.717, 1.165) is 19.5 Å². The number of aromatic nitrogens is 2. The quantitative estimate of drug-likeness (QED) is 0.861. The zero-order chi connectivity index (χ0) is 11.7. The molecule has 88 valence electrons. The highest BCUT2D eigenvalue weighted by atomic mass is 19.1. The molecule has 1 fully saturated rings. The van der Waals surface area contributed by atoms with Crippen molar-refractivity contribution in [3.8, 4) is 11.5 Å². The van der Waals surface area contributed by atoms with Gasteiger partial charge in [-0.2, -0.15) is 4.98 Å². The van der Waals surface area contributed by atoms with Gasteiger partial charge in [-0.15, -0.1) is 0 Å². The normalized spacial score (nSPS) is 19.7. The molecule has 0 amide bonds. The molecule has 3 rings (SSSR count). The van der Waals surface area contributed by atoms with Crippen molar-refractivity contribution in [1.82, 2.24) is 15.5 Å². The molecule has 1 aliphatic rings. The first-order valence-corrected chi connectivity index (χ1v) is 5.64. The summed E-state index contributed by atoms with van der Waals surface area (Å²) in [6.45, 7) is 1.82. The van der Waals surface area contributed by atoms with E-state index in [0.29, 0.717) is 11.4 Å². The third kappa shape index (κ3) is 1.93. The van der Waals surface area contributed by atoms with Crippen LogP contribution in [-0.4, -0.2) is 23.2 Å². The lowest BCUT2D eigenvalue weighted by molar-refractivity contribution is 0.415. The van der Waals surface area contributed by atoms with E-state index >= 15 is 0 Å². The highest BCUT2D eigenvalue weighted by molar-refractivity contribution is 5.53. The number of benzene rings is 1. The molecule has 0 radical (unpaired) electrons. The minimum absolute atomic E-state index is 0.255. The first-order valence-electron chi connectivity index (χ1n) is 5.64. The standard InChI is InChI=1S/C12H12FN3O/c13-10-4-2-1-3-9(10)12-15-11(16-17-12)8-5-6-14-7-8/h1-4,8,14H,5-7H2. The van der Waals surface area contributed by atoms with Crippen LogP contribution in [0.5, 0.6) is 0 Å². The number of hydrogen-bond donors (Lipinski definition) is 1. The van der Waals surface area contributed by atoms with Crippen molar-refractivity contribution in [3.05, 3.63) is 35.9 Å². The molecule has 4 nitrogen and oxygen atoms in total. The second kappa shape index (κ2) is 4.25. The monoisotopic (exact) mass is 233 g/mol. The molecule has 5 heteroatoms. The van der Waals surface area contributed by atoms with Gasteiger partial charge in [0.2, 0.25) is 0 Å². The number of rotatable bonds is 2. The summed E-state index contributed by atoms with van der Waals surface area (Å²) in [6, 6.07) is 6.41. The van der Waals surface area contributed by atoms with Gasteiger partial charge < -0.3 is 9.84 Å². The molecule has 0 spiro atoms. The molecule has 2 heterocycles. The van der Waals surface area contributed by atoms with Crippen LogP contribution in [0, 0.1) is 5.82 Å². The Bertz CT molecular complexity index is 520. The number of nitrogens with one attached hydrogen (secondary N) is 1. The fraction of sp³-hybridized carbons (Fsp3) is 0.333. The van der Waals surface area contributed by atoms with E-state index in [9.17, 15) is 4.39 Å². The van der Waals surface area contributed by atoms with Crippen LogP contribution in [0.25, 0.3) is 11.5 Å². The Morgan fingerprint density at radius 3 is 3.00 bits per heavy atom. The minimum Gasteiger partial charge on any atom is -0.334 e. The SMILES string of the molecule is Fc1ccccc1-c1nc(C2CCNC2)no1. The largest absolute Gasteiger partial charge is 0.334 e. The summed E-state index contributed by atoms with van der Waals surface area (Å²) in [5, 5.41) is 7.16. The van der Waals surface area contributed by atoms with Crippen molar-refractivity contribution in [1.29, 1.82) is 0 Å². The molecule has 0 saturated carbocycles. The molecule has 1 atom stereocenters. The van der Waals surface area contributed by atoms with Gasteiger partial charge >= 0.3 is 0 Å². The summed E-state index contributed by atoms with van der Waals surface area (Å²) < 4.78 is 18.6. The topological polar surface area (TPSA) is 51.0 Å². The van der Waals surface area contributed by atoms with E-state index in [1.54, 1.807) is 18.2 Å². The fourth-order valence-electron chi connectivity index (χ4n) is 2.02. The van der Waals surface area contributed by atoms with Gasteiger partial charge in [-0.3, -0.25) is 0 Å². The lowest BCUT2D eigenvalue weighted by atomic mass is 10.1. The summed E-state index contributed by atoms with van der Waals surface area (Å²) >= 11 is 0. The van der Waals surface area contributed by atoms with Gasteiger partial charge in [0, 0.05) is 12.5 Å². The van der Waals surface area contributed by atoms with Gasteiger partial charge in [-0.25, -0.2) is 4.39 Å². The molecule has 1 saturated heterocycles. The number of nitrogens with zero attached hydrogens (tertiary/aromatic N) is 2. The average Bonchev–Trinajstić information content (AvgIpc) is 3.00. The maximum absolute atomic E-state index is 13.5. The van der Waals surface area contributed by atoms with Crippen molar-refractivity contribution in [2.75, 3.05) is 13.1 Å². The van der Waals surface area contributed by atoms with Crippen LogP contribution in [0.4, 0.5) is 4.39 Å². The first-order chi connectivity index (χ1) is 8.34. The van der Waals surface area contributed by atoms with Gasteiger partial charge in [-0.05, 0) is 25.1 Å². The fourth-order valence-corrected chi connectivity index (χ4v) is 2.02. The molecule has 1 unspecified atom stereocenters. The van der Waals surface area contributed by atoms with Crippen LogP contribution in [0.2, 0.25) is 0 Å². The van der Waals surface area contributed by atoms with E-state index in [2.05, 4.69) is 15.5 Å². The third-order valence-corrected chi connectivity index (χ3v) is 2.97. The Morgan fingerprint density at radius 1 is 1.35 bits per heavy atom. The molecule has 0 bridgehead atoms. The zero-order valence-corrected chi connectivity index (χ0v) is 9.19. The predicted octanol–water partition coefficient (Wildman–Crippen LogP) is 1.95. The molecule has 1 N–H and O–H groups in total. The van der Waals surface area contributed by atoms with Gasteiger partial charge in [0.15, 0.2) is 5.82 Å². The Kier molecular flexibility index (Phi) is 2.60. The Balaban J connectivity index is 1.92. The van der Waals surface area contributed by atoms with Crippen LogP contribution in [0.1, 0.15) is 18.2 Å². The van der Waals surface area contributed by atoms with Crippen LogP contribution in [0.3, 0.4) is 0 Å². The summed E-state index contributed by atoms with van der Waals surface area (Å²) in [7, 11) is 0. The second-order valence-corrected chi connectivity index (χ2v) is 4.13. The number of halogens is 1. The second-order valence-electron chi connectivity index (χ2n) is 4.13. The summed E-state index contributed by atoms with van der Waals surface area (Å²) in [4.78, 5) is 4.27. The van der Waals surface area contributed by atoms with Gasteiger partial charge in [0.1, 0.15) is 5.82 Å². The van der Waals surface area contributed by atoms with Crippen molar-refractivity contribution in [3.63, 3.8) is 0 Å². The van der Waals surface area contributed by atoms with Gasteiger partial charge in [0.25, 0.3) is 5.89 Å². The molecule has 1 aromatic carbocycles. The van der Waals surface area contributed by atoms with E-state index < -0.39 is 0 Å². The number of hydrogen-bond acceptors (Lipinski definition) is 4. The van der Waals surface area contributed by atoms with E-state index in [4.69, 9.17) is 4.52 Å². The molecule has 2 aromatic rings. The molecular formula is C12H12FN3O. The molecule has 17 heavy (non-hydrogen) atoms. The molecule has 0 aliphatic carbocycles. The maximum atomic E-state index is 13.5. The van der Waals surface area contributed by atoms with E-state index in [-0.39, 0.29) is 17.6 Å². The van der Waals surface area contributed by atoms with E-state index in [1.165, 1.54) is 6.07 Å². The third-order valence-electron chi connectivity index (χ3n) is 2.97. The Hall–Kier alpha value is -1.75. The Morgan fingerprint density at radius 2 is 2.24 bits per heavy atom. The van der Waals surface area contributed by atoms with Gasteiger partial charge in [0.05, 0.1) is 5.56 Å². The van der Waals surface area contributed by atoms with E-state index in [1.807, 2.05) is 0 Å². The lowest BCUT2D eigenvalue weighted by Gasteiger charge is -1.99. The molecular weight excluding hydrogens is 221 g/mol. The predicted molar refractivity (Wildman–Crippen MR) is 59.9 cm³/mol. The zero-order valence-electron chi connectivity index (χ0n) is 9.19. The minimum atomic E-state index is -0.341. The Labute approximate surface area is 97.8 Å². The molecule has 1 aromatic heterocycles. The smallest absolute Gasteiger partial charge is 0.260 e. The first kappa shape index (κ1) is 10.4. The summed E-state index contributed by atoms with van der Waals surface area (Å²) in [5.41, 5.74) is 0.359. The van der Waals surface area contributed by atoms with Crippen LogP contribution < -0.4 is 5.32 Å². The van der Waals surface area contributed by atoms with Crippen LogP contribution >= 0.6 is 0 Å². The van der Waals surface area contributed by atoms with Crippen LogP contribution in [0.15, 0.2) is 28.8 Å². The van der Waals surface area contributed by atoms with Crippen molar-refractivity contribution >= 4 is 0 Å². The highest BCUT2D eigenvalue weighted by Gasteiger charge is 2.23. The average molecular weight is 233 g/mol. The lowest BCUT2D eigenvalue weighted by Crippen LogP contribution is -2.08. The van der Waals surface area contributed by atoms with Crippen molar-refractivity contribution in [2.45, 2.75) is 12.3 Å². The van der Waals surface area contributed by atoms with Gasteiger partial charge in [-0.1, -0.05) is 17.3 Å². The summed E-state index contributed by atoms with van der Waals surface area (Å²) in [6.07, 6.45) is 0.996. The van der Waals surface area contributed by atoms with Crippen molar-refractivity contribution < 1.29 is 8.91 Å². The molecule has 1 aliphatic heterocycles. The highest BCUT2D eigenvalue weighted by Crippen LogP contribution is 2.24.